The van der Waals surface area contributed by atoms with Gasteiger partial charge in [0.2, 0.25) is 5.91 Å². The van der Waals surface area contributed by atoms with E-state index in [9.17, 15) is 26.4 Å². The fourth-order valence-electron chi connectivity index (χ4n) is 4.45. The fraction of sp³-hybridized carbons (Fsp3) is 0.321. The van der Waals surface area contributed by atoms with Crippen molar-refractivity contribution in [3.05, 3.63) is 77.9 Å². The van der Waals surface area contributed by atoms with Gasteiger partial charge in [-0.2, -0.15) is 13.2 Å². The van der Waals surface area contributed by atoms with Crippen LogP contribution in [0.1, 0.15) is 11.1 Å². The number of aryl methyl sites for hydroxylation is 1. The minimum atomic E-state index is -4.45. The summed E-state index contributed by atoms with van der Waals surface area (Å²) in [5, 5.41) is 0. The highest BCUT2D eigenvalue weighted by Crippen LogP contribution is 2.33. The summed E-state index contributed by atoms with van der Waals surface area (Å²) < 4.78 is 78.6. The number of benzene rings is 3. The van der Waals surface area contributed by atoms with E-state index < -0.39 is 34.2 Å². The number of amides is 1. The van der Waals surface area contributed by atoms with Crippen LogP contribution in [0.5, 0.6) is 11.5 Å². The quantitative estimate of drug-likeness (QED) is 0.390. The van der Waals surface area contributed by atoms with Crippen molar-refractivity contribution in [1.82, 2.24) is 4.90 Å². The number of sulfonamides is 1. The molecule has 0 unspecified atom stereocenters. The minimum Gasteiger partial charge on any atom is -0.493 e. The van der Waals surface area contributed by atoms with Gasteiger partial charge in [-0.25, -0.2) is 8.42 Å². The maximum atomic E-state index is 13.8. The lowest BCUT2D eigenvalue weighted by atomic mass is 10.1. The molecule has 4 rings (SSSR count). The summed E-state index contributed by atoms with van der Waals surface area (Å²) in [6.07, 6.45) is -4.45. The number of carbonyl (C=O) groups is 1. The molecule has 0 N–H and O–H groups in total. The van der Waals surface area contributed by atoms with Crippen molar-refractivity contribution >= 4 is 27.3 Å². The standard InChI is InChI=1S/C28H30F3N3O5S/c1-20-7-9-22(10-8-20)34(40(36,37)24-11-12-25(38-2)26(18-24)39-3)19-27(35)33-15-13-32(14-16-33)23-6-4-5-21(17-23)28(29,30)31/h4-12,17-18H,13-16,19H2,1-3H3. The molecule has 0 bridgehead atoms. The number of ether oxygens (including phenoxy) is 2. The lowest BCUT2D eigenvalue weighted by molar-refractivity contribution is -0.137. The maximum Gasteiger partial charge on any atom is 0.416 e. The molecule has 0 aromatic heterocycles. The zero-order chi connectivity index (χ0) is 29.1. The Morgan fingerprint density at radius 2 is 1.55 bits per heavy atom. The Bertz CT molecular complexity index is 1450. The molecule has 0 aliphatic carbocycles. The number of nitrogens with zero attached hydrogens (tertiary/aromatic N) is 3. The van der Waals surface area contributed by atoms with Gasteiger partial charge in [0.1, 0.15) is 6.54 Å². The zero-order valence-corrected chi connectivity index (χ0v) is 23.1. The average molecular weight is 578 g/mol. The van der Waals surface area contributed by atoms with Crippen molar-refractivity contribution in [2.45, 2.75) is 18.0 Å². The molecule has 1 saturated heterocycles. The molecular formula is C28H30F3N3O5S. The van der Waals surface area contributed by atoms with Crippen LogP contribution in [0, 0.1) is 6.92 Å². The van der Waals surface area contributed by atoms with Crippen molar-refractivity contribution in [3.8, 4) is 11.5 Å². The van der Waals surface area contributed by atoms with Gasteiger partial charge in [-0.05, 0) is 49.4 Å². The van der Waals surface area contributed by atoms with Crippen LogP contribution in [-0.2, 0) is 21.0 Å². The molecule has 12 heteroatoms. The molecular weight excluding hydrogens is 547 g/mol. The van der Waals surface area contributed by atoms with Gasteiger partial charge in [0.15, 0.2) is 11.5 Å². The van der Waals surface area contributed by atoms with E-state index >= 15 is 0 Å². The fourth-order valence-corrected chi connectivity index (χ4v) is 5.88. The first-order chi connectivity index (χ1) is 18.9. The van der Waals surface area contributed by atoms with Crippen LogP contribution in [-0.4, -0.2) is 66.2 Å². The Kier molecular flexibility index (Phi) is 8.48. The zero-order valence-electron chi connectivity index (χ0n) is 22.3. The average Bonchev–Trinajstić information content (AvgIpc) is 2.95. The Hall–Kier alpha value is -3.93. The third-order valence-electron chi connectivity index (χ3n) is 6.71. The Morgan fingerprint density at radius 1 is 0.900 bits per heavy atom. The molecule has 1 fully saturated rings. The van der Waals surface area contributed by atoms with Crippen molar-refractivity contribution in [1.29, 1.82) is 0 Å². The van der Waals surface area contributed by atoms with Gasteiger partial charge < -0.3 is 19.3 Å². The molecule has 0 spiro atoms. The van der Waals surface area contributed by atoms with Gasteiger partial charge in [0.25, 0.3) is 10.0 Å². The lowest BCUT2D eigenvalue weighted by Crippen LogP contribution is -2.52. The van der Waals surface area contributed by atoms with Crippen LogP contribution < -0.4 is 18.7 Å². The number of anilines is 2. The molecule has 1 aliphatic rings. The Morgan fingerprint density at radius 3 is 2.15 bits per heavy atom. The molecule has 1 aliphatic heterocycles. The first-order valence-corrected chi connectivity index (χ1v) is 13.9. The SMILES string of the molecule is COc1ccc(S(=O)(=O)N(CC(=O)N2CCN(c3cccc(C(F)(F)F)c3)CC2)c2ccc(C)cc2)cc1OC. The van der Waals surface area contributed by atoms with E-state index in [-0.39, 0.29) is 23.7 Å². The molecule has 8 nitrogen and oxygen atoms in total. The summed E-state index contributed by atoms with van der Waals surface area (Å²) in [7, 11) is -1.36. The van der Waals surface area contributed by atoms with Crippen LogP contribution in [0.4, 0.5) is 24.5 Å². The third-order valence-corrected chi connectivity index (χ3v) is 8.48. The summed E-state index contributed by atoms with van der Waals surface area (Å²) in [4.78, 5) is 16.6. The van der Waals surface area contributed by atoms with E-state index in [1.807, 2.05) is 6.92 Å². The third kappa shape index (κ3) is 6.27. The van der Waals surface area contributed by atoms with E-state index in [2.05, 4.69) is 0 Å². The Labute approximate surface area is 231 Å². The topological polar surface area (TPSA) is 79.4 Å². The van der Waals surface area contributed by atoms with E-state index in [0.29, 0.717) is 30.2 Å². The van der Waals surface area contributed by atoms with Gasteiger partial charge in [-0.1, -0.05) is 23.8 Å². The molecule has 1 heterocycles. The summed E-state index contributed by atoms with van der Waals surface area (Å²) >= 11 is 0. The van der Waals surface area contributed by atoms with Crippen molar-refractivity contribution in [2.24, 2.45) is 0 Å². The molecule has 1 amide bonds. The van der Waals surface area contributed by atoms with Gasteiger partial charge in [-0.3, -0.25) is 9.10 Å². The first kappa shape index (κ1) is 29.1. The smallest absolute Gasteiger partial charge is 0.416 e. The number of piperazine rings is 1. The van der Waals surface area contributed by atoms with Crippen LogP contribution >= 0.6 is 0 Å². The summed E-state index contributed by atoms with van der Waals surface area (Å²) in [6, 6.07) is 16.0. The van der Waals surface area contributed by atoms with Gasteiger partial charge in [0.05, 0.1) is 30.4 Å². The van der Waals surface area contributed by atoms with E-state index in [1.165, 1.54) is 43.4 Å². The van der Waals surface area contributed by atoms with Crippen LogP contribution in [0.25, 0.3) is 0 Å². The molecule has 214 valence electrons. The normalized spacial score (nSPS) is 14.2. The molecule has 3 aromatic rings. The van der Waals surface area contributed by atoms with E-state index in [1.54, 1.807) is 35.2 Å². The molecule has 0 saturated carbocycles. The number of hydrogen-bond donors (Lipinski definition) is 0. The maximum absolute atomic E-state index is 13.8. The number of carbonyl (C=O) groups excluding carboxylic acids is 1. The molecule has 40 heavy (non-hydrogen) atoms. The number of rotatable bonds is 8. The molecule has 0 radical (unpaired) electrons. The van der Waals surface area contributed by atoms with Crippen molar-refractivity contribution in [3.63, 3.8) is 0 Å². The largest absolute Gasteiger partial charge is 0.493 e. The second-order valence-corrected chi connectivity index (χ2v) is 11.1. The second kappa shape index (κ2) is 11.7. The molecule has 3 aromatic carbocycles. The van der Waals surface area contributed by atoms with Crippen molar-refractivity contribution < 1.29 is 35.9 Å². The summed E-state index contributed by atoms with van der Waals surface area (Å²) in [5.74, 6) is 0.163. The number of halogens is 3. The monoisotopic (exact) mass is 577 g/mol. The van der Waals surface area contributed by atoms with Crippen LogP contribution in [0.15, 0.2) is 71.6 Å². The first-order valence-electron chi connectivity index (χ1n) is 12.5. The van der Waals surface area contributed by atoms with E-state index in [0.717, 1.165) is 22.0 Å². The number of methoxy groups -OCH3 is 2. The highest BCUT2D eigenvalue weighted by molar-refractivity contribution is 7.92. The second-order valence-electron chi connectivity index (χ2n) is 9.28. The van der Waals surface area contributed by atoms with Gasteiger partial charge in [-0.15, -0.1) is 0 Å². The summed E-state index contributed by atoms with van der Waals surface area (Å²) in [6.45, 7) is 2.48. The minimum absolute atomic E-state index is 0.0760. The number of alkyl halides is 3. The predicted molar refractivity (Wildman–Crippen MR) is 145 cm³/mol. The van der Waals surface area contributed by atoms with Crippen LogP contribution in [0.2, 0.25) is 0 Å². The van der Waals surface area contributed by atoms with Crippen molar-refractivity contribution in [2.75, 3.05) is 56.1 Å². The van der Waals surface area contributed by atoms with E-state index in [4.69, 9.17) is 9.47 Å². The lowest BCUT2D eigenvalue weighted by Gasteiger charge is -2.37. The highest BCUT2D eigenvalue weighted by Gasteiger charge is 2.33. The van der Waals surface area contributed by atoms with Gasteiger partial charge in [0, 0.05) is 37.9 Å². The van der Waals surface area contributed by atoms with Gasteiger partial charge >= 0.3 is 6.18 Å². The molecule has 0 atom stereocenters. The highest BCUT2D eigenvalue weighted by atomic mass is 32.2. The van der Waals surface area contributed by atoms with Crippen LogP contribution in [0.3, 0.4) is 0 Å². The predicted octanol–water partition coefficient (Wildman–Crippen LogP) is 4.58. The number of hydrogen-bond acceptors (Lipinski definition) is 6. The Balaban J connectivity index is 1.55. The summed E-state index contributed by atoms with van der Waals surface area (Å²) in [5.41, 5.74) is 0.914.